The second-order valence-electron chi connectivity index (χ2n) is 32.4. The van der Waals surface area contributed by atoms with Crippen molar-refractivity contribution in [2.45, 2.75) is 232 Å². The first kappa shape index (κ1) is 63.8. The van der Waals surface area contributed by atoms with Crippen molar-refractivity contribution in [3.05, 3.63) is 95.6 Å². The van der Waals surface area contributed by atoms with Gasteiger partial charge >= 0.3 is 0 Å². The van der Waals surface area contributed by atoms with E-state index in [0.717, 1.165) is 101 Å². The van der Waals surface area contributed by atoms with Crippen LogP contribution in [0.25, 0.3) is 0 Å². The predicted octanol–water partition coefficient (Wildman–Crippen LogP) is 9.87. The Balaban J connectivity index is 0.560. The monoisotopic (exact) mass is 1260 g/mol. The number of nitrogens with one attached hydrogen (secondary N) is 2. The minimum atomic E-state index is -0.668. The highest BCUT2D eigenvalue weighted by Gasteiger charge is 2.66. The lowest BCUT2D eigenvalue weighted by molar-refractivity contribution is -0.175. The van der Waals surface area contributed by atoms with Crippen molar-refractivity contribution >= 4 is 23.6 Å². The maximum absolute atomic E-state index is 14.4. The number of carbonyl (C=O) groups excluding carboxylic acids is 4. The van der Waals surface area contributed by atoms with Crippen LogP contribution in [0.1, 0.15) is 217 Å². The number of benzene rings is 2. The van der Waals surface area contributed by atoms with Gasteiger partial charge in [-0.15, -0.1) is 10.2 Å². The molecule has 10 aliphatic rings. The van der Waals surface area contributed by atoms with Crippen molar-refractivity contribution in [1.82, 2.24) is 50.4 Å². The van der Waals surface area contributed by atoms with Crippen LogP contribution < -0.4 is 10.6 Å². The van der Waals surface area contributed by atoms with Crippen LogP contribution in [-0.4, -0.2) is 121 Å². The first-order chi connectivity index (χ1) is 44.2. The van der Waals surface area contributed by atoms with Gasteiger partial charge in [0, 0.05) is 25.9 Å². The number of aliphatic hydroxyl groups is 4. The van der Waals surface area contributed by atoms with E-state index in [2.05, 4.69) is 72.8 Å². The van der Waals surface area contributed by atoms with Gasteiger partial charge in [0.2, 0.25) is 11.8 Å². The van der Waals surface area contributed by atoms with Crippen LogP contribution in [-0.2, 0) is 32.3 Å². The standard InChI is InChI=1S/C74H104N10O8/c1-43(55-23-25-57-53-21-19-47-35-51(85)29-31-71(47,3)59(53)37-61(87)73(55,57)5)17-27-63(89)75-39-49-41-83(79-77-49)67-65(45-13-9-7-10-14-45)81(69(67)91)33-34-82-66(46-15-11-8-12-16-46)68(70(82)92)84-42-50(78-80-84)40-76-64(90)28-18-44(2)56-24-26-58-54-22-20-48-36-52(86)30-32-72(48,4)60(54)38-62(88)74(56,58)6/h7-16,41-44,47-48,51-62,65-68,85-88H,17-40H2,1-6H3,(H,75,89)(H,76,90)/t43-,44-,47-,48-,51-,52-,53+,54+,55-,56-,57+,58+,59+,60+,61+,62+,65-,66-,67+,68+,71+,72+,73-,74-/m1/s1. The van der Waals surface area contributed by atoms with Crippen LogP contribution in [0.5, 0.6) is 0 Å². The van der Waals surface area contributed by atoms with Gasteiger partial charge in [-0.1, -0.05) is 113 Å². The minimum absolute atomic E-state index is 0.0588. The third-order valence-corrected chi connectivity index (χ3v) is 28.5. The summed E-state index contributed by atoms with van der Waals surface area (Å²) in [7, 11) is 0. The van der Waals surface area contributed by atoms with Gasteiger partial charge < -0.3 is 40.9 Å². The Labute approximate surface area is 544 Å². The van der Waals surface area contributed by atoms with Crippen molar-refractivity contribution in [3.63, 3.8) is 0 Å². The molecule has 0 radical (unpaired) electrons. The van der Waals surface area contributed by atoms with E-state index >= 15 is 0 Å². The Kier molecular flexibility index (Phi) is 17.3. The molecule has 4 amide bonds. The van der Waals surface area contributed by atoms with Crippen LogP contribution >= 0.6 is 0 Å². The van der Waals surface area contributed by atoms with E-state index < -0.39 is 12.1 Å². The van der Waals surface area contributed by atoms with Gasteiger partial charge in [-0.05, 0) is 219 Å². The van der Waals surface area contributed by atoms with Gasteiger partial charge in [0.25, 0.3) is 11.8 Å². The van der Waals surface area contributed by atoms with Gasteiger partial charge in [0.15, 0.2) is 12.1 Å². The summed E-state index contributed by atoms with van der Waals surface area (Å²) in [6.45, 7) is 15.1. The zero-order valence-corrected chi connectivity index (χ0v) is 55.4. The van der Waals surface area contributed by atoms with Crippen molar-refractivity contribution in [2.24, 2.45) is 92.7 Å². The summed E-state index contributed by atoms with van der Waals surface area (Å²) in [5, 5.41) is 69.2. The number of nitrogens with zero attached hydrogens (tertiary/aromatic N) is 8. The van der Waals surface area contributed by atoms with E-state index in [1.54, 1.807) is 21.8 Å². The average Bonchev–Trinajstić information content (AvgIpc) is 1.20. The molecule has 8 aliphatic carbocycles. The number of likely N-dealkylation sites (tertiary alicyclic amines) is 2. The molecule has 18 nitrogen and oxygen atoms in total. The van der Waals surface area contributed by atoms with Crippen LogP contribution in [0.2, 0.25) is 0 Å². The Bertz CT molecular complexity index is 3110. The zero-order valence-electron chi connectivity index (χ0n) is 55.4. The molecule has 8 saturated carbocycles. The maximum Gasteiger partial charge on any atom is 0.250 e. The Morgan fingerprint density at radius 2 is 0.924 bits per heavy atom. The van der Waals surface area contributed by atoms with Crippen molar-refractivity contribution in [3.8, 4) is 0 Å². The summed E-state index contributed by atoms with van der Waals surface area (Å²) < 4.78 is 3.22. The summed E-state index contributed by atoms with van der Waals surface area (Å²) in [4.78, 5) is 59.5. The van der Waals surface area contributed by atoms with Crippen LogP contribution in [0, 0.1) is 92.7 Å². The first-order valence-corrected chi connectivity index (χ1v) is 36.0. The normalized spacial score (nSPS) is 41.0. The highest BCUT2D eigenvalue weighted by molar-refractivity contribution is 5.90. The molecule has 24 atom stereocenters. The second kappa shape index (κ2) is 24.9. The molecule has 2 saturated heterocycles. The smallest absolute Gasteiger partial charge is 0.250 e. The second-order valence-corrected chi connectivity index (χ2v) is 32.4. The van der Waals surface area contributed by atoms with Crippen molar-refractivity contribution in [2.75, 3.05) is 13.1 Å². The van der Waals surface area contributed by atoms with Gasteiger partial charge in [0.05, 0.1) is 62.0 Å². The lowest BCUT2D eigenvalue weighted by Gasteiger charge is -2.62. The Morgan fingerprint density at radius 3 is 1.33 bits per heavy atom. The summed E-state index contributed by atoms with van der Waals surface area (Å²) in [5.41, 5.74) is 3.03. The van der Waals surface area contributed by atoms with Crippen LogP contribution in [0.4, 0.5) is 0 Å². The maximum atomic E-state index is 14.4. The van der Waals surface area contributed by atoms with Gasteiger partial charge in [0.1, 0.15) is 11.4 Å². The Morgan fingerprint density at radius 1 is 0.522 bits per heavy atom. The van der Waals surface area contributed by atoms with Gasteiger partial charge in [-0.25, -0.2) is 9.36 Å². The summed E-state index contributed by atoms with van der Waals surface area (Å²) in [5.74, 6) is 5.15. The molecule has 18 heteroatoms. The summed E-state index contributed by atoms with van der Waals surface area (Å²) in [6, 6.07) is 17.6. The van der Waals surface area contributed by atoms with E-state index in [4.69, 9.17) is 0 Å². The quantitative estimate of drug-likeness (QED) is 0.0481. The van der Waals surface area contributed by atoms with Crippen molar-refractivity contribution in [1.29, 1.82) is 0 Å². The van der Waals surface area contributed by atoms with E-state index in [0.29, 0.717) is 83.4 Å². The fourth-order valence-corrected chi connectivity index (χ4v) is 23.4. The Hall–Kier alpha value is -5.56. The number of rotatable bonds is 19. The summed E-state index contributed by atoms with van der Waals surface area (Å²) in [6.07, 6.45) is 21.2. The molecule has 10 fully saturated rings. The third-order valence-electron chi connectivity index (χ3n) is 28.5. The van der Waals surface area contributed by atoms with Crippen LogP contribution in [0.3, 0.4) is 0 Å². The number of aliphatic hydroxyl groups excluding tert-OH is 4. The molecule has 0 unspecified atom stereocenters. The summed E-state index contributed by atoms with van der Waals surface area (Å²) >= 11 is 0. The predicted molar refractivity (Wildman–Crippen MR) is 346 cm³/mol. The SMILES string of the molecule is C[C@H](CCC(=O)NCc1cn([C@@H]2C(=O)N(CCN3C(=O)[C@@H](n4cc(CNC(=O)CC[C@@H](C)[C@H]5CC[C@H]6[C@@H]7CC[C@@H]8C[C@H](O)CC[C@]8(C)[C@H]7C[C@H](O)[C@]56C)nn4)[C@H]3c3ccccc3)[C@@H]2c2ccccc2)nn1)[C@H]1CC[C@H]2[C@@H]3CC[C@@H]4C[C@H](O)CC[C@]4(C)[C@H]3C[C@H](O)[C@]12C. The highest BCUT2D eigenvalue weighted by atomic mass is 16.3. The number of hydrogen-bond acceptors (Lipinski definition) is 12. The van der Waals surface area contributed by atoms with Gasteiger partial charge in [-0.2, -0.15) is 0 Å². The van der Waals surface area contributed by atoms with Crippen molar-refractivity contribution < 1.29 is 39.6 Å². The molecule has 6 N–H and O–H groups in total. The lowest BCUT2D eigenvalue weighted by Crippen LogP contribution is -2.61. The molecule has 2 aromatic heterocycles. The number of fused-ring (bicyclic) bond motifs is 10. The molecule has 0 bridgehead atoms. The number of carbonyl (C=O) groups is 4. The number of amides is 4. The molecule has 4 heterocycles. The molecule has 92 heavy (non-hydrogen) atoms. The third kappa shape index (κ3) is 10.8. The largest absolute Gasteiger partial charge is 0.393 e. The molecular weight excluding hydrogens is 1160 g/mol. The van der Waals surface area contributed by atoms with E-state index in [1.165, 1.54) is 25.7 Å². The molecule has 0 spiro atoms. The molecule has 2 aromatic carbocycles. The lowest BCUT2D eigenvalue weighted by atomic mass is 9.43. The molecular formula is C74H104N10O8. The molecule has 2 aliphatic heterocycles. The highest BCUT2D eigenvalue weighted by Crippen LogP contribution is 2.70. The minimum Gasteiger partial charge on any atom is -0.393 e. The first-order valence-electron chi connectivity index (χ1n) is 36.0. The number of aromatic nitrogens is 6. The van der Waals surface area contributed by atoms with Crippen LogP contribution in [0.15, 0.2) is 73.1 Å². The number of β-lactam (4-membered cyclic amide) rings is 2. The topological polar surface area (TPSA) is 241 Å². The molecule has 4 aromatic rings. The fraction of sp³-hybridized carbons (Fsp3) is 0.730. The van der Waals surface area contributed by atoms with E-state index in [1.807, 2.05) is 70.5 Å². The molecule has 498 valence electrons. The van der Waals surface area contributed by atoms with Gasteiger partial charge in [-0.3, -0.25) is 19.2 Å². The zero-order chi connectivity index (χ0) is 64.2. The fourth-order valence-electron chi connectivity index (χ4n) is 23.4. The average molecular weight is 1260 g/mol. The number of hydrogen-bond donors (Lipinski definition) is 6. The molecule has 14 rings (SSSR count). The van der Waals surface area contributed by atoms with E-state index in [-0.39, 0.29) is 120 Å². The van der Waals surface area contributed by atoms with E-state index in [9.17, 15) is 39.6 Å².